The molecule has 0 rings (SSSR count). The molecule has 15 nitrogen and oxygen atoms in total. The number of hydrogen-bond donors (Lipinski definition) is 0. The summed E-state index contributed by atoms with van der Waals surface area (Å²) in [6.07, 6.45) is 0. The molecule has 0 aromatic rings. The predicted molar refractivity (Wildman–Crippen MR) is 22.9 cm³/mol. The average Bonchev–Trinajstić information content (AvgIpc) is 1.99. The van der Waals surface area contributed by atoms with Crippen molar-refractivity contribution in [1.29, 1.82) is 0 Å². The molecule has 114 valence electrons. The molecule has 0 fully saturated rings. The van der Waals surface area contributed by atoms with Crippen molar-refractivity contribution >= 4 is 15.6 Å². The van der Waals surface area contributed by atoms with Gasteiger partial charge in [-0.05, 0) is 0 Å². The maximum absolute atomic E-state index is 8.58. The first kappa shape index (κ1) is 38.0. The van der Waals surface area contributed by atoms with Crippen LogP contribution in [0.25, 0.3) is 0 Å². The predicted octanol–water partition coefficient (Wildman–Crippen LogP) is -7.19. The quantitative estimate of drug-likeness (QED) is 0.204. The molecule has 0 atom stereocenters. The van der Waals surface area contributed by atoms with Crippen molar-refractivity contribution in [3.8, 4) is 0 Å². The third-order valence-corrected chi connectivity index (χ3v) is 0. The first-order valence-electron chi connectivity index (χ1n) is 2.69. The maximum atomic E-state index is 8.58. The summed E-state index contributed by atoms with van der Waals surface area (Å²) in [5.74, 6) is 0. The fraction of sp³-hybridized carbons (Fsp3) is 0. The standard InChI is InChI=1S/2H3O4P.H2O.6O.3U/c2*1-5(2,3)4;;;;;;;;;;/h2*(H3,1,2,3,4);1H2;;;;;;;;;/q;;;;;;;;;3*+2/p-6. The Morgan fingerprint density at radius 3 is 0.500 bits per heavy atom. The summed E-state index contributed by atoms with van der Waals surface area (Å²) in [7, 11) is -10.8. The van der Waals surface area contributed by atoms with Crippen molar-refractivity contribution in [3.63, 3.8) is 0 Å². The van der Waals surface area contributed by atoms with Gasteiger partial charge in [0.05, 0.1) is 0 Å². The molecule has 20 heteroatoms. The Morgan fingerprint density at radius 1 is 0.500 bits per heavy atom. The van der Waals surface area contributed by atoms with E-state index < -0.39 is 99.1 Å². The van der Waals surface area contributed by atoms with Crippen molar-refractivity contribution in [2.75, 3.05) is 0 Å². The van der Waals surface area contributed by atoms with Crippen LogP contribution < -0.4 is 29.4 Å². The average molecular weight is 1020 g/mol. The van der Waals surface area contributed by atoms with Gasteiger partial charge >= 0.3 is 96.9 Å². The Kier molecular flexibility index (Phi) is 55.4. The zero-order valence-corrected chi connectivity index (χ0v) is 22.9. The first-order valence-corrected chi connectivity index (χ1v) is 15.8. The van der Waals surface area contributed by atoms with Gasteiger partial charge in [0.1, 0.15) is 0 Å². The number of hydrogen-bond acceptors (Lipinski definition) is 14. The molecule has 0 saturated carbocycles. The van der Waals surface area contributed by atoms with Gasteiger partial charge in [-0.1, -0.05) is 0 Å². The SMILES string of the molecule is O.O=P([O-])([O-])[O-].O=P([O-])([O-])[O-].[O]=[U+2]=[O].[O]=[U+2]=[O].[O]=[U+2]=[O]. The van der Waals surface area contributed by atoms with Crippen LogP contribution in [0.5, 0.6) is 0 Å². The summed E-state index contributed by atoms with van der Waals surface area (Å²) in [5, 5.41) is 0. The molecule has 0 unspecified atom stereocenters. The van der Waals surface area contributed by atoms with E-state index in [9.17, 15) is 0 Å². The van der Waals surface area contributed by atoms with Crippen LogP contribution in [0.2, 0.25) is 0 Å². The molecule has 0 aliphatic rings. The van der Waals surface area contributed by atoms with Crippen molar-refractivity contribution in [2.24, 2.45) is 0 Å². The second-order valence-corrected chi connectivity index (χ2v) is 5.02. The molecule has 2 N–H and O–H groups in total. The Labute approximate surface area is 154 Å². The molecule has 0 aromatic carbocycles. The molecule has 0 bridgehead atoms. The van der Waals surface area contributed by atoms with Gasteiger partial charge < -0.3 is 44.0 Å². The molecule has 0 aromatic heterocycles. The van der Waals surface area contributed by atoms with E-state index in [0.717, 1.165) is 0 Å². The molecule has 0 heterocycles. The van der Waals surface area contributed by atoms with Crippen LogP contribution in [-0.2, 0) is 22.5 Å². The van der Waals surface area contributed by atoms with E-state index in [0.29, 0.717) is 0 Å². The van der Waals surface area contributed by atoms with Gasteiger partial charge in [-0.25, -0.2) is 0 Å². The summed E-state index contributed by atoms with van der Waals surface area (Å²) >= 11 is -7.52. The summed E-state index contributed by atoms with van der Waals surface area (Å²) in [6.45, 7) is 0. The third kappa shape index (κ3) is 1620. The molecule has 0 aliphatic carbocycles. The van der Waals surface area contributed by atoms with Gasteiger partial charge in [0.25, 0.3) is 0 Å². The van der Waals surface area contributed by atoms with Gasteiger partial charge in [-0.2, -0.15) is 15.6 Å². The molecule has 0 saturated heterocycles. The van der Waals surface area contributed by atoms with Crippen molar-refractivity contribution in [2.45, 2.75) is 0 Å². The number of phosphoric acid groups is 2. The van der Waals surface area contributed by atoms with Crippen LogP contribution in [0.15, 0.2) is 0 Å². The minimum absolute atomic E-state index is 0. The molecular formula is H2O15P2U3. The van der Waals surface area contributed by atoms with Gasteiger partial charge in [-0.15, -0.1) is 0 Å². The van der Waals surface area contributed by atoms with Crippen LogP contribution in [0, 0.1) is 83.5 Å². The number of rotatable bonds is 0. The second-order valence-electron chi connectivity index (χ2n) is 1.14. The zero-order chi connectivity index (χ0) is 17.1. The second kappa shape index (κ2) is 29.2. The zero-order valence-electron chi connectivity index (χ0n) is 8.61. The van der Waals surface area contributed by atoms with Crippen LogP contribution in [-0.4, -0.2) is 5.48 Å². The van der Waals surface area contributed by atoms with Gasteiger partial charge in [0.2, 0.25) is 0 Å². The third-order valence-electron chi connectivity index (χ3n) is 0. The van der Waals surface area contributed by atoms with Crippen LogP contribution in [0.3, 0.4) is 0 Å². The molecule has 0 spiro atoms. The van der Waals surface area contributed by atoms with Crippen LogP contribution in [0.4, 0.5) is 0 Å². The Bertz CT molecular complexity index is 301. The van der Waals surface area contributed by atoms with Crippen molar-refractivity contribution in [3.05, 3.63) is 0 Å². The Hall–Kier alpha value is 2.14. The van der Waals surface area contributed by atoms with E-state index >= 15 is 0 Å². The summed E-state index contributed by atoms with van der Waals surface area (Å²) in [4.78, 5) is 51.3. The topological polar surface area (TPSA) is 306 Å². The Morgan fingerprint density at radius 2 is 0.500 bits per heavy atom. The van der Waals surface area contributed by atoms with Gasteiger partial charge in [0, 0.05) is 0 Å². The fourth-order valence-corrected chi connectivity index (χ4v) is 0. The van der Waals surface area contributed by atoms with Gasteiger partial charge in [0.15, 0.2) is 0 Å². The first-order chi connectivity index (χ1) is 8.24. The fourth-order valence-electron chi connectivity index (χ4n) is 0. The van der Waals surface area contributed by atoms with E-state index in [1.165, 1.54) is 0 Å². The summed E-state index contributed by atoms with van der Waals surface area (Å²) in [5.41, 5.74) is 0. The van der Waals surface area contributed by atoms with E-state index in [1.807, 2.05) is 0 Å². The normalized spacial score (nSPS) is 7.10. The molecule has 0 radical (unpaired) electrons. The van der Waals surface area contributed by atoms with E-state index in [4.69, 9.17) is 51.9 Å². The summed E-state index contributed by atoms with van der Waals surface area (Å²) < 4.78 is 68.6. The molecule has 20 heavy (non-hydrogen) atoms. The monoisotopic (exact) mass is 1020 g/mol. The van der Waals surface area contributed by atoms with Crippen LogP contribution >= 0.6 is 15.6 Å². The Balaban J connectivity index is -0.0000000310. The molecular weight excluding hydrogens is 1020 g/mol. The van der Waals surface area contributed by atoms with Crippen LogP contribution in [0.1, 0.15) is 0 Å². The van der Waals surface area contributed by atoms with E-state index in [2.05, 4.69) is 0 Å². The van der Waals surface area contributed by atoms with Gasteiger partial charge in [-0.3, -0.25) is 0 Å². The van der Waals surface area contributed by atoms with E-state index in [-0.39, 0.29) is 5.48 Å². The van der Waals surface area contributed by atoms with Crippen molar-refractivity contribution < 1.29 is 141 Å². The van der Waals surface area contributed by atoms with E-state index in [1.54, 1.807) is 0 Å². The molecule has 0 aliphatic heterocycles. The van der Waals surface area contributed by atoms with Crippen molar-refractivity contribution in [1.82, 2.24) is 0 Å². The summed E-state index contributed by atoms with van der Waals surface area (Å²) in [6, 6.07) is 0. The molecule has 0 amide bonds. The minimum atomic E-state index is -5.39.